The number of amides is 2. The lowest BCUT2D eigenvalue weighted by molar-refractivity contribution is -0.149. The van der Waals surface area contributed by atoms with Gasteiger partial charge in [0.05, 0.1) is 23.1 Å². The molecular weight excluding hydrogens is 506 g/mol. The molecule has 0 aromatic heterocycles. The molecule has 3 rings (SSSR count). The van der Waals surface area contributed by atoms with Gasteiger partial charge < -0.3 is 13.7 Å². The van der Waals surface area contributed by atoms with E-state index < -0.39 is 33.8 Å². The number of carbonyl (C=O) groups excluding carboxylic acids is 3. The van der Waals surface area contributed by atoms with Gasteiger partial charge in [0.15, 0.2) is 5.75 Å². The highest BCUT2D eigenvalue weighted by Crippen LogP contribution is 2.40. The summed E-state index contributed by atoms with van der Waals surface area (Å²) < 4.78 is 40.6. The van der Waals surface area contributed by atoms with E-state index in [0.29, 0.717) is 17.3 Å². The van der Waals surface area contributed by atoms with Crippen LogP contribution < -0.4 is 8.92 Å². The topological polar surface area (TPSA) is 116 Å². The summed E-state index contributed by atoms with van der Waals surface area (Å²) in [7, 11) is -2.88. The lowest BCUT2D eigenvalue weighted by Crippen LogP contribution is -2.35. The molecule has 180 valence electrons. The smallest absolute Gasteiger partial charge is 0.339 e. The summed E-state index contributed by atoms with van der Waals surface area (Å²) in [6.07, 6.45) is 0.992. The van der Waals surface area contributed by atoms with Gasteiger partial charge in [0.2, 0.25) is 5.75 Å². The fourth-order valence-electron chi connectivity index (χ4n) is 2.87. The highest BCUT2D eigenvalue weighted by molar-refractivity contribution is 8.18. The molecular formula is C22H20ClNO8S2. The number of carbonyl (C=O) groups is 3. The molecule has 0 saturated carbocycles. The molecule has 0 bridgehead atoms. The Balaban J connectivity index is 1.86. The van der Waals surface area contributed by atoms with Gasteiger partial charge in [0, 0.05) is 0 Å². The van der Waals surface area contributed by atoms with Crippen LogP contribution in [0.4, 0.5) is 4.79 Å². The van der Waals surface area contributed by atoms with Crippen molar-refractivity contribution in [3.05, 3.63) is 58.0 Å². The Morgan fingerprint density at radius 1 is 1.18 bits per heavy atom. The second-order valence-corrected chi connectivity index (χ2v) is 10.1. The summed E-state index contributed by atoms with van der Waals surface area (Å²) in [5.41, 5.74) is 0.349. The van der Waals surface area contributed by atoms with Crippen molar-refractivity contribution in [3.8, 4) is 11.5 Å². The third-order valence-electron chi connectivity index (χ3n) is 4.30. The van der Waals surface area contributed by atoms with Crippen LogP contribution in [-0.2, 0) is 24.4 Å². The van der Waals surface area contributed by atoms with Crippen LogP contribution in [-0.4, -0.2) is 50.2 Å². The first kappa shape index (κ1) is 25.6. The zero-order valence-corrected chi connectivity index (χ0v) is 20.7. The second kappa shape index (κ2) is 10.5. The van der Waals surface area contributed by atoms with Gasteiger partial charge in [-0.25, -0.2) is 0 Å². The standard InChI is InChI=1S/C22H20ClNO8S2/c1-13(2)31-19(25)12-24-21(26)18(33-22(24)27)11-14-9-16(23)20(17(10-14)30-3)32-34(28,29)15-7-5-4-6-8-15/h4-11,13H,12H2,1-3H3/b18-11-. The monoisotopic (exact) mass is 525 g/mol. The molecule has 9 nitrogen and oxygen atoms in total. The predicted molar refractivity (Wildman–Crippen MR) is 126 cm³/mol. The average Bonchev–Trinajstić information content (AvgIpc) is 3.02. The number of methoxy groups -OCH3 is 1. The summed E-state index contributed by atoms with van der Waals surface area (Å²) in [5, 5.41) is -0.714. The largest absolute Gasteiger partial charge is 0.493 e. The van der Waals surface area contributed by atoms with Crippen LogP contribution in [0.25, 0.3) is 6.08 Å². The summed E-state index contributed by atoms with van der Waals surface area (Å²) in [6, 6.07) is 10.3. The van der Waals surface area contributed by atoms with Crippen molar-refractivity contribution in [1.29, 1.82) is 0 Å². The maximum absolute atomic E-state index is 12.6. The van der Waals surface area contributed by atoms with E-state index in [1.165, 1.54) is 37.5 Å². The van der Waals surface area contributed by atoms with Crippen LogP contribution >= 0.6 is 23.4 Å². The zero-order chi connectivity index (χ0) is 25.0. The van der Waals surface area contributed by atoms with Crippen molar-refractivity contribution in [2.45, 2.75) is 24.8 Å². The molecule has 1 aliphatic heterocycles. The van der Waals surface area contributed by atoms with Gasteiger partial charge in [-0.05, 0) is 61.5 Å². The number of ether oxygens (including phenoxy) is 2. The number of halogens is 1. The van der Waals surface area contributed by atoms with Crippen LogP contribution in [0, 0.1) is 0 Å². The SMILES string of the molecule is COc1cc(/C=C2\SC(=O)N(CC(=O)OC(C)C)C2=O)cc(Cl)c1OS(=O)(=O)c1ccccc1. The quantitative estimate of drug-likeness (QED) is 0.285. The number of hydrogen-bond acceptors (Lipinski definition) is 9. The van der Waals surface area contributed by atoms with Crippen molar-refractivity contribution < 1.29 is 36.5 Å². The average molecular weight is 526 g/mol. The van der Waals surface area contributed by atoms with Gasteiger partial charge in [-0.3, -0.25) is 19.3 Å². The number of imide groups is 1. The number of rotatable bonds is 8. The molecule has 0 unspecified atom stereocenters. The molecule has 0 aliphatic carbocycles. The van der Waals surface area contributed by atoms with Gasteiger partial charge in [-0.2, -0.15) is 8.42 Å². The highest BCUT2D eigenvalue weighted by Gasteiger charge is 2.37. The van der Waals surface area contributed by atoms with E-state index >= 15 is 0 Å². The molecule has 12 heteroatoms. The summed E-state index contributed by atoms with van der Waals surface area (Å²) in [4.78, 5) is 37.5. The second-order valence-electron chi connectivity index (χ2n) is 7.19. The Labute approximate surface area is 205 Å². The molecule has 2 aromatic carbocycles. The lowest BCUT2D eigenvalue weighted by Gasteiger charge is -2.14. The van der Waals surface area contributed by atoms with Crippen molar-refractivity contribution in [2.75, 3.05) is 13.7 Å². The van der Waals surface area contributed by atoms with Gasteiger partial charge in [0.25, 0.3) is 11.1 Å². The van der Waals surface area contributed by atoms with Crippen molar-refractivity contribution in [2.24, 2.45) is 0 Å². The Morgan fingerprint density at radius 2 is 1.85 bits per heavy atom. The normalized spacial score (nSPS) is 15.2. The zero-order valence-electron chi connectivity index (χ0n) is 18.3. The van der Waals surface area contributed by atoms with E-state index in [9.17, 15) is 22.8 Å². The minimum Gasteiger partial charge on any atom is -0.493 e. The van der Waals surface area contributed by atoms with Crippen LogP contribution in [0.15, 0.2) is 52.3 Å². The molecule has 0 spiro atoms. The third kappa shape index (κ3) is 5.91. The maximum Gasteiger partial charge on any atom is 0.339 e. The maximum atomic E-state index is 12.6. The lowest BCUT2D eigenvalue weighted by atomic mass is 10.2. The number of thioether (sulfide) groups is 1. The summed E-state index contributed by atoms with van der Waals surface area (Å²) >= 11 is 6.92. The molecule has 0 atom stereocenters. The first-order valence-electron chi connectivity index (χ1n) is 9.83. The van der Waals surface area contributed by atoms with Crippen LogP contribution in [0.2, 0.25) is 5.02 Å². The molecule has 1 saturated heterocycles. The fraction of sp³-hybridized carbons (Fsp3) is 0.227. The van der Waals surface area contributed by atoms with Crippen molar-refractivity contribution in [3.63, 3.8) is 0 Å². The summed E-state index contributed by atoms with van der Waals surface area (Å²) in [6.45, 7) is 2.80. The van der Waals surface area contributed by atoms with Gasteiger partial charge in [-0.1, -0.05) is 29.8 Å². The Bertz CT molecular complexity index is 1260. The fourth-order valence-corrected chi connectivity index (χ4v) is 4.99. The molecule has 1 fully saturated rings. The van der Waals surface area contributed by atoms with E-state index in [-0.39, 0.29) is 32.4 Å². The Hall–Kier alpha value is -3.02. The molecule has 2 amide bonds. The van der Waals surface area contributed by atoms with Crippen molar-refractivity contribution in [1.82, 2.24) is 4.90 Å². The van der Waals surface area contributed by atoms with Gasteiger partial charge in [-0.15, -0.1) is 0 Å². The van der Waals surface area contributed by atoms with Gasteiger partial charge in [0.1, 0.15) is 11.4 Å². The number of esters is 1. The minimum absolute atomic E-state index is 0.00186. The predicted octanol–water partition coefficient (Wildman–Crippen LogP) is 4.10. The number of nitrogens with zero attached hydrogens (tertiary/aromatic N) is 1. The van der Waals surface area contributed by atoms with Crippen LogP contribution in [0.5, 0.6) is 11.5 Å². The van der Waals surface area contributed by atoms with E-state index in [1.807, 2.05) is 0 Å². The van der Waals surface area contributed by atoms with Crippen LogP contribution in [0.1, 0.15) is 19.4 Å². The van der Waals surface area contributed by atoms with Gasteiger partial charge >= 0.3 is 16.1 Å². The molecule has 2 aromatic rings. The van der Waals surface area contributed by atoms with Crippen molar-refractivity contribution >= 4 is 56.7 Å². The first-order valence-corrected chi connectivity index (χ1v) is 12.4. The summed E-state index contributed by atoms with van der Waals surface area (Å²) in [5.74, 6) is -1.60. The molecule has 34 heavy (non-hydrogen) atoms. The van der Waals surface area contributed by atoms with E-state index in [0.717, 1.165) is 4.90 Å². The number of benzene rings is 2. The third-order valence-corrected chi connectivity index (χ3v) is 6.73. The highest BCUT2D eigenvalue weighted by atomic mass is 35.5. The molecule has 1 aliphatic rings. The molecule has 1 heterocycles. The van der Waals surface area contributed by atoms with E-state index in [1.54, 1.807) is 32.0 Å². The Kier molecular flexibility index (Phi) is 7.90. The van der Waals surface area contributed by atoms with Crippen LogP contribution in [0.3, 0.4) is 0 Å². The number of hydrogen-bond donors (Lipinski definition) is 0. The first-order chi connectivity index (χ1) is 16.0. The molecule has 0 N–H and O–H groups in total. The van der Waals surface area contributed by atoms with E-state index in [4.69, 9.17) is 25.3 Å². The molecule has 0 radical (unpaired) electrons. The minimum atomic E-state index is -4.18. The Morgan fingerprint density at radius 3 is 2.47 bits per heavy atom. The van der Waals surface area contributed by atoms with E-state index in [2.05, 4.69) is 0 Å².